The van der Waals surface area contributed by atoms with E-state index >= 15 is 0 Å². The Bertz CT molecular complexity index is 1160. The Labute approximate surface area is 209 Å². The van der Waals surface area contributed by atoms with Gasteiger partial charge in [0, 0.05) is 37.7 Å². The number of piperidine rings is 1. The molecule has 0 atom stereocenters. The molecule has 7 nitrogen and oxygen atoms in total. The minimum atomic E-state index is -3.62. The molecule has 0 spiro atoms. The SMILES string of the molecule is CCCC(=O)Nc1ccc(CNC(=O)C2CCN(S(=O)(=O)c3c(C)c(C)cc(C)c3C)CC2)cc1. The molecule has 3 rings (SSSR count). The van der Waals surface area contributed by atoms with E-state index in [1.807, 2.05) is 65.0 Å². The van der Waals surface area contributed by atoms with Gasteiger partial charge in [0.05, 0.1) is 4.90 Å². The fraction of sp³-hybridized carbons (Fsp3) is 0.481. The number of hydrogen-bond donors (Lipinski definition) is 2. The van der Waals surface area contributed by atoms with Gasteiger partial charge in [-0.2, -0.15) is 4.31 Å². The molecule has 0 aliphatic carbocycles. The van der Waals surface area contributed by atoms with Gasteiger partial charge in [-0.25, -0.2) is 8.42 Å². The second kappa shape index (κ2) is 11.4. The molecule has 2 N–H and O–H groups in total. The third-order valence-corrected chi connectivity index (χ3v) is 9.07. The molecular weight excluding hydrogens is 462 g/mol. The predicted molar refractivity (Wildman–Crippen MR) is 139 cm³/mol. The van der Waals surface area contributed by atoms with E-state index < -0.39 is 10.0 Å². The van der Waals surface area contributed by atoms with Gasteiger partial charge < -0.3 is 10.6 Å². The van der Waals surface area contributed by atoms with E-state index in [-0.39, 0.29) is 17.7 Å². The first-order valence-corrected chi connectivity index (χ1v) is 13.7. The first-order chi connectivity index (χ1) is 16.5. The molecule has 8 heteroatoms. The minimum Gasteiger partial charge on any atom is -0.352 e. The predicted octanol–water partition coefficient (Wildman–Crippen LogP) is 4.38. The minimum absolute atomic E-state index is 0.00948. The van der Waals surface area contributed by atoms with Crippen molar-refractivity contribution in [3.8, 4) is 0 Å². The van der Waals surface area contributed by atoms with E-state index in [1.54, 1.807) is 0 Å². The number of sulfonamides is 1. The summed E-state index contributed by atoms with van der Waals surface area (Å²) in [5.74, 6) is -0.276. The van der Waals surface area contributed by atoms with E-state index in [2.05, 4.69) is 10.6 Å². The highest BCUT2D eigenvalue weighted by atomic mass is 32.2. The molecule has 190 valence electrons. The van der Waals surface area contributed by atoms with Crippen LogP contribution in [-0.4, -0.2) is 37.6 Å². The summed E-state index contributed by atoms with van der Waals surface area (Å²) in [6.07, 6.45) is 2.28. The lowest BCUT2D eigenvalue weighted by Gasteiger charge is -2.31. The highest BCUT2D eigenvalue weighted by Gasteiger charge is 2.34. The number of anilines is 1. The molecule has 2 aromatic carbocycles. The van der Waals surface area contributed by atoms with E-state index in [9.17, 15) is 18.0 Å². The molecule has 0 bridgehead atoms. The summed E-state index contributed by atoms with van der Waals surface area (Å²) in [5.41, 5.74) is 5.21. The van der Waals surface area contributed by atoms with Gasteiger partial charge in [0.1, 0.15) is 0 Å². The molecule has 1 aliphatic heterocycles. The maximum Gasteiger partial charge on any atom is 0.243 e. The van der Waals surface area contributed by atoms with Gasteiger partial charge in [-0.05, 0) is 86.9 Å². The number of nitrogens with one attached hydrogen (secondary N) is 2. The number of carbonyl (C=O) groups excluding carboxylic acids is 2. The third kappa shape index (κ3) is 6.30. The second-order valence-corrected chi connectivity index (χ2v) is 11.4. The number of carbonyl (C=O) groups is 2. The Hall–Kier alpha value is -2.71. The van der Waals surface area contributed by atoms with Crippen LogP contribution in [0.15, 0.2) is 35.2 Å². The summed E-state index contributed by atoms with van der Waals surface area (Å²) >= 11 is 0. The average Bonchev–Trinajstić information content (AvgIpc) is 2.82. The lowest BCUT2D eigenvalue weighted by Crippen LogP contribution is -2.43. The van der Waals surface area contributed by atoms with Crippen molar-refractivity contribution in [2.75, 3.05) is 18.4 Å². The van der Waals surface area contributed by atoms with Crippen LogP contribution < -0.4 is 10.6 Å². The molecule has 0 radical (unpaired) electrons. The Balaban J connectivity index is 1.55. The van der Waals surface area contributed by atoms with E-state index in [4.69, 9.17) is 0 Å². The summed E-state index contributed by atoms with van der Waals surface area (Å²) in [6, 6.07) is 9.44. The van der Waals surface area contributed by atoms with Crippen LogP contribution in [0.5, 0.6) is 0 Å². The number of benzene rings is 2. The molecule has 1 saturated heterocycles. The lowest BCUT2D eigenvalue weighted by molar-refractivity contribution is -0.126. The van der Waals surface area contributed by atoms with Crippen molar-refractivity contribution in [2.24, 2.45) is 5.92 Å². The van der Waals surface area contributed by atoms with Crippen LogP contribution >= 0.6 is 0 Å². The van der Waals surface area contributed by atoms with E-state index in [1.165, 1.54) is 4.31 Å². The van der Waals surface area contributed by atoms with Crippen LogP contribution in [0, 0.1) is 33.6 Å². The smallest absolute Gasteiger partial charge is 0.243 e. The highest BCUT2D eigenvalue weighted by Crippen LogP contribution is 2.31. The summed E-state index contributed by atoms with van der Waals surface area (Å²) in [7, 11) is -3.62. The number of amides is 2. The van der Waals surface area contributed by atoms with Crippen molar-refractivity contribution >= 4 is 27.5 Å². The van der Waals surface area contributed by atoms with Gasteiger partial charge in [0.15, 0.2) is 0 Å². The number of aryl methyl sites for hydroxylation is 2. The monoisotopic (exact) mass is 499 g/mol. The van der Waals surface area contributed by atoms with E-state index in [0.717, 1.165) is 39.9 Å². The zero-order chi connectivity index (χ0) is 25.8. The Morgan fingerprint density at radius 2 is 1.54 bits per heavy atom. The third-order valence-electron chi connectivity index (χ3n) is 6.90. The quantitative estimate of drug-likeness (QED) is 0.564. The van der Waals surface area contributed by atoms with Crippen LogP contribution in [0.3, 0.4) is 0 Å². The molecule has 0 saturated carbocycles. The largest absolute Gasteiger partial charge is 0.352 e. The topological polar surface area (TPSA) is 95.6 Å². The van der Waals surface area contributed by atoms with Gasteiger partial charge in [-0.1, -0.05) is 25.1 Å². The lowest BCUT2D eigenvalue weighted by atomic mass is 9.97. The van der Waals surface area contributed by atoms with Gasteiger partial charge in [0.2, 0.25) is 21.8 Å². The number of rotatable bonds is 8. The van der Waals surface area contributed by atoms with Crippen LogP contribution in [0.4, 0.5) is 5.69 Å². The summed E-state index contributed by atoms with van der Waals surface area (Å²) < 4.78 is 28.4. The van der Waals surface area contributed by atoms with Crippen molar-refractivity contribution < 1.29 is 18.0 Å². The number of hydrogen-bond acceptors (Lipinski definition) is 4. The first-order valence-electron chi connectivity index (χ1n) is 12.3. The van der Waals surface area contributed by atoms with Crippen molar-refractivity contribution in [3.63, 3.8) is 0 Å². The van der Waals surface area contributed by atoms with Crippen LogP contribution in [-0.2, 0) is 26.2 Å². The molecule has 1 heterocycles. The molecule has 0 aromatic heterocycles. The van der Waals surface area contributed by atoms with Crippen molar-refractivity contribution in [1.29, 1.82) is 0 Å². The fourth-order valence-corrected chi connectivity index (χ4v) is 6.59. The first kappa shape index (κ1) is 26.9. The van der Waals surface area contributed by atoms with Crippen LogP contribution in [0.2, 0.25) is 0 Å². The van der Waals surface area contributed by atoms with E-state index in [0.29, 0.717) is 43.8 Å². The van der Waals surface area contributed by atoms with Crippen LogP contribution in [0.25, 0.3) is 0 Å². The maximum absolute atomic E-state index is 13.5. The highest BCUT2D eigenvalue weighted by molar-refractivity contribution is 7.89. The summed E-state index contributed by atoms with van der Waals surface area (Å²) in [5, 5.41) is 5.82. The Morgan fingerprint density at radius 3 is 2.09 bits per heavy atom. The molecule has 1 aliphatic rings. The Morgan fingerprint density at radius 1 is 0.971 bits per heavy atom. The van der Waals surface area contributed by atoms with Gasteiger partial charge >= 0.3 is 0 Å². The van der Waals surface area contributed by atoms with Crippen molar-refractivity contribution in [2.45, 2.75) is 71.7 Å². The molecule has 2 aromatic rings. The van der Waals surface area contributed by atoms with Crippen LogP contribution in [0.1, 0.15) is 60.4 Å². The molecule has 2 amide bonds. The Kier molecular flexibility index (Phi) is 8.72. The summed E-state index contributed by atoms with van der Waals surface area (Å²) in [6.45, 7) is 10.6. The number of nitrogens with zero attached hydrogens (tertiary/aromatic N) is 1. The molecule has 1 fully saturated rings. The standard InChI is InChI=1S/C27H37N3O4S/c1-6-7-25(31)29-24-10-8-22(9-11-24)17-28-27(32)23-12-14-30(15-13-23)35(33,34)26-20(4)18(2)16-19(3)21(26)5/h8-11,16,23H,6-7,12-15,17H2,1-5H3,(H,28,32)(H,29,31). The molecular formula is C27H37N3O4S. The van der Waals surface area contributed by atoms with Crippen molar-refractivity contribution in [1.82, 2.24) is 9.62 Å². The summed E-state index contributed by atoms with van der Waals surface area (Å²) in [4.78, 5) is 24.9. The molecule has 0 unspecified atom stereocenters. The zero-order valence-electron chi connectivity index (χ0n) is 21.4. The van der Waals surface area contributed by atoms with Gasteiger partial charge in [-0.3, -0.25) is 9.59 Å². The van der Waals surface area contributed by atoms with Crippen molar-refractivity contribution in [3.05, 3.63) is 58.1 Å². The maximum atomic E-state index is 13.5. The second-order valence-electron chi connectivity index (χ2n) is 9.48. The fourth-order valence-electron chi connectivity index (χ4n) is 4.55. The van der Waals surface area contributed by atoms with Gasteiger partial charge in [-0.15, -0.1) is 0 Å². The zero-order valence-corrected chi connectivity index (χ0v) is 22.2. The molecule has 35 heavy (non-hydrogen) atoms. The van der Waals surface area contributed by atoms with Gasteiger partial charge in [0.25, 0.3) is 0 Å². The average molecular weight is 500 g/mol. The normalized spacial score (nSPS) is 15.1.